The van der Waals surface area contributed by atoms with E-state index in [0.29, 0.717) is 17.9 Å². The van der Waals surface area contributed by atoms with Crippen LogP contribution in [0.5, 0.6) is 0 Å². The van der Waals surface area contributed by atoms with Crippen molar-refractivity contribution in [2.75, 3.05) is 13.1 Å². The molecule has 4 rings (SSSR count). The number of furan rings is 1. The largest absolute Gasteiger partial charge is 0.460 e. The van der Waals surface area contributed by atoms with Crippen molar-refractivity contribution in [1.82, 2.24) is 10.6 Å². The molecule has 7 heteroatoms. The molecular formula is C22H23ClF2N2O2. The summed E-state index contributed by atoms with van der Waals surface area (Å²) in [5.74, 6) is -1.82. The fourth-order valence-corrected chi connectivity index (χ4v) is 3.80. The first-order chi connectivity index (χ1) is 13.5. The van der Waals surface area contributed by atoms with Gasteiger partial charge in [0.1, 0.15) is 11.3 Å². The fraction of sp³-hybridized carbons (Fsp3) is 0.318. The number of nitrogens with one attached hydrogen (secondary N) is 2. The first-order valence-electron chi connectivity index (χ1n) is 9.47. The number of para-hydroxylation sites is 1. The van der Waals surface area contributed by atoms with Gasteiger partial charge in [-0.2, -0.15) is 0 Å². The molecule has 2 N–H and O–H groups in total. The zero-order valence-electron chi connectivity index (χ0n) is 16.0. The molecule has 4 nitrogen and oxygen atoms in total. The number of carbonyl (C=O) groups excluding carboxylic acids is 1. The zero-order chi connectivity index (χ0) is 19.7. The van der Waals surface area contributed by atoms with Crippen LogP contribution in [0.1, 0.15) is 36.5 Å². The molecule has 1 aromatic heterocycles. The number of hydrogen-bond acceptors (Lipinski definition) is 3. The summed E-state index contributed by atoms with van der Waals surface area (Å²) in [7, 11) is 0. The second-order valence-corrected chi connectivity index (χ2v) is 7.30. The average Bonchev–Trinajstić information content (AvgIpc) is 3.14. The highest BCUT2D eigenvalue weighted by atomic mass is 35.5. The summed E-state index contributed by atoms with van der Waals surface area (Å²) in [6, 6.07) is 13.3. The molecule has 0 bridgehead atoms. The molecule has 3 unspecified atom stereocenters. The van der Waals surface area contributed by atoms with Crippen LogP contribution in [-0.4, -0.2) is 25.0 Å². The summed E-state index contributed by atoms with van der Waals surface area (Å²) in [5.41, 5.74) is 1.44. The molecule has 1 amide bonds. The Morgan fingerprint density at radius 1 is 1.17 bits per heavy atom. The number of carbonyl (C=O) groups is 1. The van der Waals surface area contributed by atoms with Crippen molar-refractivity contribution in [1.29, 1.82) is 0 Å². The van der Waals surface area contributed by atoms with Crippen molar-refractivity contribution in [3.63, 3.8) is 0 Å². The quantitative estimate of drug-likeness (QED) is 0.653. The van der Waals surface area contributed by atoms with Gasteiger partial charge in [0.05, 0.1) is 5.92 Å². The summed E-state index contributed by atoms with van der Waals surface area (Å²) in [6.45, 7) is 3.13. The molecule has 0 radical (unpaired) electrons. The van der Waals surface area contributed by atoms with Gasteiger partial charge in [-0.25, -0.2) is 8.78 Å². The van der Waals surface area contributed by atoms with Crippen LogP contribution in [0.15, 0.2) is 52.9 Å². The van der Waals surface area contributed by atoms with Crippen LogP contribution in [-0.2, 0) is 4.79 Å². The van der Waals surface area contributed by atoms with Crippen molar-refractivity contribution >= 4 is 29.3 Å². The van der Waals surface area contributed by atoms with Gasteiger partial charge in [-0.3, -0.25) is 4.79 Å². The lowest BCUT2D eigenvalue weighted by atomic mass is 9.85. The molecule has 0 saturated carbocycles. The van der Waals surface area contributed by atoms with E-state index in [1.54, 1.807) is 13.0 Å². The van der Waals surface area contributed by atoms with Crippen molar-refractivity contribution in [2.45, 2.75) is 31.2 Å². The third kappa shape index (κ3) is 4.43. The Morgan fingerprint density at radius 2 is 1.97 bits per heavy atom. The minimum absolute atomic E-state index is 0. The number of rotatable bonds is 4. The summed E-state index contributed by atoms with van der Waals surface area (Å²) in [5, 5.41) is 7.28. The SMILES string of the molecule is CC(C(=O)NC1CNCCC1c1ccc(F)c(F)c1)c1cc2ccccc2o1.Cl. The molecule has 0 spiro atoms. The first kappa shape index (κ1) is 21.3. The van der Waals surface area contributed by atoms with Gasteiger partial charge in [0.15, 0.2) is 11.6 Å². The van der Waals surface area contributed by atoms with Gasteiger partial charge in [-0.1, -0.05) is 24.3 Å². The predicted octanol–water partition coefficient (Wildman–Crippen LogP) is 4.50. The Hall–Kier alpha value is -2.44. The van der Waals surface area contributed by atoms with Crippen LogP contribution >= 0.6 is 12.4 Å². The van der Waals surface area contributed by atoms with Crippen LogP contribution in [0.25, 0.3) is 11.0 Å². The molecule has 1 aliphatic heterocycles. The molecular weight excluding hydrogens is 398 g/mol. The van der Waals surface area contributed by atoms with Crippen LogP contribution in [0, 0.1) is 11.6 Å². The van der Waals surface area contributed by atoms with E-state index in [0.717, 1.165) is 30.0 Å². The van der Waals surface area contributed by atoms with E-state index in [1.807, 2.05) is 30.3 Å². The van der Waals surface area contributed by atoms with Gasteiger partial charge >= 0.3 is 0 Å². The number of piperidine rings is 1. The number of hydrogen-bond donors (Lipinski definition) is 2. The third-order valence-corrected chi connectivity index (χ3v) is 5.45. The molecule has 1 aliphatic rings. The van der Waals surface area contributed by atoms with E-state index in [4.69, 9.17) is 4.42 Å². The summed E-state index contributed by atoms with van der Waals surface area (Å²) in [6.07, 6.45) is 0.731. The van der Waals surface area contributed by atoms with E-state index in [-0.39, 0.29) is 30.3 Å². The highest BCUT2D eigenvalue weighted by Gasteiger charge is 2.30. The lowest BCUT2D eigenvalue weighted by Gasteiger charge is -2.33. The molecule has 0 aliphatic carbocycles. The number of halogens is 3. The van der Waals surface area contributed by atoms with Crippen molar-refractivity contribution < 1.29 is 18.0 Å². The molecule has 1 saturated heterocycles. The standard InChI is InChI=1S/C22H22F2N2O2.ClH/c1-13(21-11-15-4-2-3-5-20(15)28-21)22(27)26-19-12-25-9-8-16(19)14-6-7-17(23)18(24)10-14;/h2-7,10-11,13,16,19,25H,8-9,12H2,1H3,(H,26,27);1H. The number of benzene rings is 2. The van der Waals surface area contributed by atoms with Crippen molar-refractivity contribution in [3.05, 3.63) is 71.5 Å². The van der Waals surface area contributed by atoms with Gasteiger partial charge in [0, 0.05) is 23.9 Å². The average molecular weight is 421 g/mol. The van der Waals surface area contributed by atoms with Crippen molar-refractivity contribution in [2.24, 2.45) is 0 Å². The first-order valence-corrected chi connectivity index (χ1v) is 9.47. The van der Waals surface area contributed by atoms with Gasteiger partial charge in [0.25, 0.3) is 0 Å². The Bertz CT molecular complexity index is 974. The zero-order valence-corrected chi connectivity index (χ0v) is 16.8. The molecule has 2 aromatic carbocycles. The Balaban J connectivity index is 0.00000240. The third-order valence-electron chi connectivity index (χ3n) is 5.45. The molecule has 154 valence electrons. The second kappa shape index (κ2) is 8.93. The van der Waals surface area contributed by atoms with E-state index >= 15 is 0 Å². The minimum atomic E-state index is -0.864. The Labute approximate surface area is 174 Å². The molecule has 2 heterocycles. The minimum Gasteiger partial charge on any atom is -0.460 e. The smallest absolute Gasteiger partial charge is 0.230 e. The Kier molecular flexibility index (Phi) is 6.55. The molecule has 1 fully saturated rings. The van der Waals surface area contributed by atoms with E-state index in [1.165, 1.54) is 6.07 Å². The predicted molar refractivity (Wildman–Crippen MR) is 110 cm³/mol. The molecule has 3 aromatic rings. The van der Waals surface area contributed by atoms with Crippen LogP contribution in [0.3, 0.4) is 0 Å². The normalized spacial score (nSPS) is 20.1. The Morgan fingerprint density at radius 3 is 2.72 bits per heavy atom. The lowest BCUT2D eigenvalue weighted by Crippen LogP contribution is -2.50. The molecule has 29 heavy (non-hydrogen) atoms. The second-order valence-electron chi connectivity index (χ2n) is 7.30. The maximum atomic E-state index is 13.7. The van der Waals surface area contributed by atoms with Crippen LogP contribution < -0.4 is 10.6 Å². The van der Waals surface area contributed by atoms with Gasteiger partial charge in [-0.05, 0) is 49.7 Å². The van der Waals surface area contributed by atoms with Gasteiger partial charge in [0.2, 0.25) is 5.91 Å². The summed E-state index contributed by atoms with van der Waals surface area (Å²) in [4.78, 5) is 12.9. The van der Waals surface area contributed by atoms with E-state index < -0.39 is 17.6 Å². The highest BCUT2D eigenvalue weighted by molar-refractivity contribution is 5.86. The van der Waals surface area contributed by atoms with E-state index in [9.17, 15) is 13.6 Å². The summed E-state index contributed by atoms with van der Waals surface area (Å²) < 4.78 is 32.8. The van der Waals surface area contributed by atoms with Crippen LogP contribution in [0.2, 0.25) is 0 Å². The van der Waals surface area contributed by atoms with Gasteiger partial charge in [-0.15, -0.1) is 12.4 Å². The molecule has 3 atom stereocenters. The maximum absolute atomic E-state index is 13.7. The highest BCUT2D eigenvalue weighted by Crippen LogP contribution is 2.29. The summed E-state index contributed by atoms with van der Waals surface area (Å²) >= 11 is 0. The van der Waals surface area contributed by atoms with Gasteiger partial charge < -0.3 is 15.1 Å². The van der Waals surface area contributed by atoms with Crippen molar-refractivity contribution in [3.8, 4) is 0 Å². The maximum Gasteiger partial charge on any atom is 0.230 e. The monoisotopic (exact) mass is 420 g/mol. The lowest BCUT2D eigenvalue weighted by molar-refractivity contribution is -0.123. The van der Waals surface area contributed by atoms with E-state index in [2.05, 4.69) is 10.6 Å². The topological polar surface area (TPSA) is 54.3 Å². The number of fused-ring (bicyclic) bond motifs is 1. The van der Waals surface area contributed by atoms with Crippen LogP contribution in [0.4, 0.5) is 8.78 Å². The number of amides is 1. The fourth-order valence-electron chi connectivity index (χ4n) is 3.80.